The second kappa shape index (κ2) is 7.42. The normalized spacial score (nSPS) is 12.0. The van der Waals surface area contributed by atoms with Gasteiger partial charge in [0.2, 0.25) is 10.0 Å². The molecule has 1 amide bonds. The lowest BCUT2D eigenvalue weighted by Crippen LogP contribution is -2.28. The van der Waals surface area contributed by atoms with E-state index >= 15 is 0 Å². The van der Waals surface area contributed by atoms with Crippen LogP contribution in [-0.4, -0.2) is 33.4 Å². The first-order chi connectivity index (χ1) is 10.5. The molecule has 1 aromatic rings. The maximum atomic E-state index is 12.5. The molecule has 0 aliphatic heterocycles. The molecule has 0 spiro atoms. The smallest absolute Gasteiger partial charge is 0.416 e. The van der Waals surface area contributed by atoms with E-state index in [9.17, 15) is 31.2 Å². The number of hydrogen-bond acceptors (Lipinski definition) is 5. The highest BCUT2D eigenvalue weighted by molar-refractivity contribution is 7.89. The summed E-state index contributed by atoms with van der Waals surface area (Å²) in [5.74, 6) is -1.75. The molecule has 0 fully saturated rings. The van der Waals surface area contributed by atoms with Crippen LogP contribution in [-0.2, 0) is 30.5 Å². The number of benzene rings is 1. The first-order valence-electron chi connectivity index (χ1n) is 6.13. The number of esters is 1. The second-order valence-corrected chi connectivity index (χ2v) is 6.07. The van der Waals surface area contributed by atoms with E-state index in [2.05, 4.69) is 4.74 Å². The third-order valence-electron chi connectivity index (χ3n) is 2.47. The summed E-state index contributed by atoms with van der Waals surface area (Å²) >= 11 is 0. The highest BCUT2D eigenvalue weighted by atomic mass is 32.2. The van der Waals surface area contributed by atoms with Gasteiger partial charge in [-0.1, -0.05) is 6.07 Å². The minimum atomic E-state index is -4.68. The van der Waals surface area contributed by atoms with Crippen molar-refractivity contribution in [3.63, 3.8) is 0 Å². The molecular formula is C12H13F3N2O5S. The molecule has 0 radical (unpaired) electrons. The van der Waals surface area contributed by atoms with Crippen LogP contribution in [0.3, 0.4) is 0 Å². The standard InChI is InChI=1S/C12H13F3N2O5S/c13-12(14,15)8-2-1-3-9(6-8)23(20,21)17-5-4-11(19)22-7-10(16)18/h1-3,6,17H,4-5,7H2,(H2,16,18). The molecule has 23 heavy (non-hydrogen) atoms. The van der Waals surface area contributed by atoms with Gasteiger partial charge >= 0.3 is 12.1 Å². The van der Waals surface area contributed by atoms with Crippen molar-refractivity contribution in [3.8, 4) is 0 Å². The van der Waals surface area contributed by atoms with Crippen LogP contribution in [0.2, 0.25) is 0 Å². The van der Waals surface area contributed by atoms with Crippen LogP contribution in [0.4, 0.5) is 13.2 Å². The van der Waals surface area contributed by atoms with E-state index in [0.717, 1.165) is 18.2 Å². The quantitative estimate of drug-likeness (QED) is 0.688. The molecule has 1 aromatic carbocycles. The first-order valence-corrected chi connectivity index (χ1v) is 7.61. The Balaban J connectivity index is 2.66. The predicted octanol–water partition coefficient (Wildman–Crippen LogP) is 0.402. The molecule has 0 saturated carbocycles. The summed E-state index contributed by atoms with van der Waals surface area (Å²) in [5, 5.41) is 0. The zero-order valence-corrected chi connectivity index (χ0v) is 12.4. The summed E-state index contributed by atoms with van der Waals surface area (Å²) < 4.78 is 67.7. The number of carbonyl (C=O) groups is 2. The number of hydrogen-bond donors (Lipinski definition) is 2. The van der Waals surface area contributed by atoms with Crippen LogP contribution in [0.25, 0.3) is 0 Å². The summed E-state index contributed by atoms with van der Waals surface area (Å²) in [4.78, 5) is 20.9. The number of alkyl halides is 3. The molecule has 0 saturated heterocycles. The SMILES string of the molecule is NC(=O)COC(=O)CCNS(=O)(=O)c1cccc(C(F)(F)F)c1. The maximum Gasteiger partial charge on any atom is 0.416 e. The molecule has 0 aliphatic carbocycles. The minimum absolute atomic E-state index is 0.407. The molecule has 1 rings (SSSR count). The Morgan fingerprint density at radius 1 is 1.26 bits per heavy atom. The topological polar surface area (TPSA) is 116 Å². The van der Waals surface area contributed by atoms with Crippen LogP contribution < -0.4 is 10.5 Å². The van der Waals surface area contributed by atoms with Crippen molar-refractivity contribution in [3.05, 3.63) is 29.8 Å². The highest BCUT2D eigenvalue weighted by Gasteiger charge is 2.31. The van der Waals surface area contributed by atoms with E-state index in [-0.39, 0.29) is 0 Å². The lowest BCUT2D eigenvalue weighted by molar-refractivity contribution is -0.147. The molecule has 0 bridgehead atoms. The van der Waals surface area contributed by atoms with Gasteiger partial charge in [-0.05, 0) is 18.2 Å². The van der Waals surface area contributed by atoms with Gasteiger partial charge in [-0.2, -0.15) is 13.2 Å². The molecule has 128 valence electrons. The van der Waals surface area contributed by atoms with Crippen molar-refractivity contribution in [1.29, 1.82) is 0 Å². The number of rotatable bonds is 7. The summed E-state index contributed by atoms with van der Waals surface area (Å²) in [7, 11) is -4.22. The molecule has 3 N–H and O–H groups in total. The van der Waals surface area contributed by atoms with Crippen LogP contribution in [0.5, 0.6) is 0 Å². The van der Waals surface area contributed by atoms with Gasteiger partial charge in [-0.25, -0.2) is 13.1 Å². The third-order valence-corrected chi connectivity index (χ3v) is 3.93. The Bertz CT molecular complexity index is 688. The minimum Gasteiger partial charge on any atom is -0.456 e. The summed E-state index contributed by atoms with van der Waals surface area (Å²) in [6.45, 7) is -1.05. The van der Waals surface area contributed by atoms with Crippen molar-refractivity contribution in [2.24, 2.45) is 5.73 Å². The Morgan fingerprint density at radius 2 is 1.91 bits per heavy atom. The van der Waals surface area contributed by atoms with Crippen LogP contribution in [0.15, 0.2) is 29.2 Å². The van der Waals surface area contributed by atoms with E-state index in [0.29, 0.717) is 6.07 Å². The monoisotopic (exact) mass is 354 g/mol. The van der Waals surface area contributed by atoms with Crippen molar-refractivity contribution in [2.75, 3.05) is 13.2 Å². The fraction of sp³-hybridized carbons (Fsp3) is 0.333. The van der Waals surface area contributed by atoms with Gasteiger partial charge in [0.25, 0.3) is 5.91 Å². The van der Waals surface area contributed by atoms with Gasteiger partial charge in [0.05, 0.1) is 16.9 Å². The number of nitrogens with one attached hydrogen (secondary N) is 1. The Morgan fingerprint density at radius 3 is 2.48 bits per heavy atom. The molecule has 0 aliphatic rings. The number of amides is 1. The van der Waals surface area contributed by atoms with E-state index in [4.69, 9.17) is 5.73 Å². The van der Waals surface area contributed by atoms with Crippen LogP contribution >= 0.6 is 0 Å². The largest absolute Gasteiger partial charge is 0.456 e. The number of ether oxygens (including phenoxy) is 1. The summed E-state index contributed by atoms with van der Waals surface area (Å²) in [6.07, 6.45) is -5.09. The zero-order chi connectivity index (χ0) is 17.7. The molecule has 11 heteroatoms. The van der Waals surface area contributed by atoms with E-state index < -0.39 is 58.1 Å². The molecule has 7 nitrogen and oxygen atoms in total. The summed E-state index contributed by atoms with van der Waals surface area (Å²) in [6, 6.07) is 3.16. The fourth-order valence-electron chi connectivity index (χ4n) is 1.43. The van der Waals surface area contributed by atoms with Crippen LogP contribution in [0, 0.1) is 0 Å². The van der Waals surface area contributed by atoms with Crippen molar-refractivity contribution in [1.82, 2.24) is 4.72 Å². The van der Waals surface area contributed by atoms with Gasteiger partial charge < -0.3 is 10.5 Å². The number of primary amides is 1. The third kappa shape index (κ3) is 6.24. The van der Waals surface area contributed by atoms with Gasteiger partial charge in [-0.15, -0.1) is 0 Å². The molecular weight excluding hydrogens is 341 g/mol. The Labute approximate surface area is 129 Å². The van der Waals surface area contributed by atoms with Crippen molar-refractivity contribution >= 4 is 21.9 Å². The molecule has 0 atom stereocenters. The van der Waals surface area contributed by atoms with Crippen molar-refractivity contribution < 1.29 is 35.9 Å². The average Bonchev–Trinajstić information content (AvgIpc) is 2.44. The number of nitrogens with two attached hydrogens (primary N) is 1. The van der Waals surface area contributed by atoms with E-state index in [1.165, 1.54) is 0 Å². The Kier molecular flexibility index (Phi) is 6.10. The second-order valence-electron chi connectivity index (χ2n) is 4.30. The van der Waals surface area contributed by atoms with E-state index in [1.807, 2.05) is 4.72 Å². The molecule has 0 heterocycles. The lowest BCUT2D eigenvalue weighted by atomic mass is 10.2. The number of sulfonamides is 1. The maximum absolute atomic E-state index is 12.5. The zero-order valence-electron chi connectivity index (χ0n) is 11.6. The Hall–Kier alpha value is -2.14. The number of carbonyl (C=O) groups excluding carboxylic acids is 2. The van der Waals surface area contributed by atoms with E-state index in [1.54, 1.807) is 0 Å². The molecule has 0 aromatic heterocycles. The summed E-state index contributed by atoms with van der Waals surface area (Å²) in [5.41, 5.74) is 3.63. The first kappa shape index (κ1) is 18.9. The van der Waals surface area contributed by atoms with Gasteiger partial charge in [0.15, 0.2) is 6.61 Å². The van der Waals surface area contributed by atoms with Crippen molar-refractivity contribution in [2.45, 2.75) is 17.5 Å². The van der Waals surface area contributed by atoms with Gasteiger partial charge in [-0.3, -0.25) is 9.59 Å². The van der Waals surface area contributed by atoms with Gasteiger partial charge in [0.1, 0.15) is 0 Å². The fourth-order valence-corrected chi connectivity index (χ4v) is 2.51. The number of halogens is 3. The highest BCUT2D eigenvalue weighted by Crippen LogP contribution is 2.30. The lowest BCUT2D eigenvalue weighted by Gasteiger charge is -2.10. The van der Waals surface area contributed by atoms with Crippen LogP contribution in [0.1, 0.15) is 12.0 Å². The predicted molar refractivity (Wildman–Crippen MR) is 71.4 cm³/mol. The average molecular weight is 354 g/mol. The van der Waals surface area contributed by atoms with Gasteiger partial charge in [0, 0.05) is 6.54 Å². The molecule has 0 unspecified atom stereocenters.